The number of nitrogens with one attached hydrogen (secondary N) is 1. The lowest BCUT2D eigenvalue weighted by molar-refractivity contribution is -0.384. The summed E-state index contributed by atoms with van der Waals surface area (Å²) in [6, 6.07) is 2.97. The van der Waals surface area contributed by atoms with E-state index in [1.54, 1.807) is 0 Å². The van der Waals surface area contributed by atoms with E-state index < -0.39 is 0 Å². The van der Waals surface area contributed by atoms with Crippen LogP contribution >= 0.6 is 0 Å². The molecule has 0 atom stereocenters. The number of nitrogen functional groups attached to an aromatic ring is 1. The van der Waals surface area contributed by atoms with Gasteiger partial charge in [-0.2, -0.15) is 0 Å². The molecule has 19 heavy (non-hydrogen) atoms. The molecule has 0 spiro atoms. The van der Waals surface area contributed by atoms with Crippen LogP contribution in [0, 0.1) is 10.1 Å². The second kappa shape index (κ2) is 6.33. The molecule has 7 heteroatoms. The first-order valence-corrected chi connectivity index (χ1v) is 6.59. The minimum absolute atomic E-state index is 0.0413. The number of hydrogen-bond donors (Lipinski definition) is 2. The zero-order valence-corrected chi connectivity index (χ0v) is 10.8. The quantitative estimate of drug-likeness (QED) is 0.493. The highest BCUT2D eigenvalue weighted by Gasteiger charge is 2.22. The van der Waals surface area contributed by atoms with Crippen LogP contribution in [0.25, 0.3) is 0 Å². The van der Waals surface area contributed by atoms with Crippen molar-refractivity contribution in [1.29, 1.82) is 0 Å². The number of hydrogen-bond acceptors (Lipinski definition) is 6. The molecule has 7 nitrogen and oxygen atoms in total. The van der Waals surface area contributed by atoms with Crippen molar-refractivity contribution in [2.24, 2.45) is 5.84 Å². The predicted molar refractivity (Wildman–Crippen MR) is 74.0 cm³/mol. The van der Waals surface area contributed by atoms with Gasteiger partial charge in [-0.25, -0.2) is 10.8 Å². The largest absolute Gasteiger partial charge is 0.351 e. The highest BCUT2D eigenvalue weighted by molar-refractivity contribution is 5.61. The number of rotatable bonds is 3. The van der Waals surface area contributed by atoms with Gasteiger partial charge in [-0.15, -0.1) is 0 Å². The average molecular weight is 265 g/mol. The molecule has 0 bridgehead atoms. The second-order valence-electron chi connectivity index (χ2n) is 4.70. The Hall–Kier alpha value is -1.89. The maximum absolute atomic E-state index is 11.1. The highest BCUT2D eigenvalue weighted by atomic mass is 16.6. The maximum Gasteiger partial charge on any atom is 0.311 e. The Labute approximate surface area is 111 Å². The number of nitrogens with zero attached hydrogens (tertiary/aromatic N) is 3. The summed E-state index contributed by atoms with van der Waals surface area (Å²) < 4.78 is 0. The Morgan fingerprint density at radius 3 is 2.42 bits per heavy atom. The molecule has 2 heterocycles. The van der Waals surface area contributed by atoms with Crippen LogP contribution in [-0.2, 0) is 0 Å². The fraction of sp³-hybridized carbons (Fsp3) is 0.583. The van der Waals surface area contributed by atoms with Crippen molar-refractivity contribution in [1.82, 2.24) is 4.98 Å². The number of pyridine rings is 1. The molecule has 1 saturated heterocycles. The van der Waals surface area contributed by atoms with Gasteiger partial charge in [0.2, 0.25) is 5.82 Å². The van der Waals surface area contributed by atoms with E-state index in [4.69, 9.17) is 5.84 Å². The number of nitro groups is 1. The Morgan fingerprint density at radius 1 is 1.21 bits per heavy atom. The van der Waals surface area contributed by atoms with E-state index in [0.717, 1.165) is 25.9 Å². The summed E-state index contributed by atoms with van der Waals surface area (Å²) in [4.78, 5) is 17.0. The summed E-state index contributed by atoms with van der Waals surface area (Å²) >= 11 is 0. The van der Waals surface area contributed by atoms with Gasteiger partial charge in [0.05, 0.1) is 4.92 Å². The van der Waals surface area contributed by atoms with Crippen molar-refractivity contribution in [2.75, 3.05) is 23.4 Å². The van der Waals surface area contributed by atoms with Crippen LogP contribution in [0.4, 0.5) is 17.3 Å². The molecule has 0 amide bonds. The molecule has 0 aromatic carbocycles. The molecule has 1 aliphatic rings. The van der Waals surface area contributed by atoms with E-state index in [1.165, 1.54) is 31.4 Å². The SMILES string of the molecule is NNc1ccc([N+](=O)[O-])c(N2CCCCCCC2)n1. The monoisotopic (exact) mass is 265 g/mol. The minimum atomic E-state index is -0.388. The van der Waals surface area contributed by atoms with Gasteiger partial charge in [0, 0.05) is 19.2 Å². The summed E-state index contributed by atoms with van der Waals surface area (Å²) in [5.41, 5.74) is 2.48. The number of nitrogens with two attached hydrogens (primary N) is 1. The Balaban J connectivity index is 2.30. The van der Waals surface area contributed by atoms with Crippen LogP contribution in [0.15, 0.2) is 12.1 Å². The Kier molecular flexibility index (Phi) is 4.51. The van der Waals surface area contributed by atoms with Crippen LogP contribution in [0.2, 0.25) is 0 Å². The molecule has 1 aromatic heterocycles. The van der Waals surface area contributed by atoms with E-state index in [1.807, 2.05) is 4.90 Å². The molecule has 2 rings (SSSR count). The smallest absolute Gasteiger partial charge is 0.311 e. The summed E-state index contributed by atoms with van der Waals surface area (Å²) in [5.74, 6) is 6.20. The fourth-order valence-corrected chi connectivity index (χ4v) is 2.36. The molecule has 0 saturated carbocycles. The van der Waals surface area contributed by atoms with E-state index in [9.17, 15) is 10.1 Å². The van der Waals surface area contributed by atoms with Crippen molar-refractivity contribution in [3.05, 3.63) is 22.2 Å². The first-order valence-electron chi connectivity index (χ1n) is 6.59. The Morgan fingerprint density at radius 2 is 1.84 bits per heavy atom. The van der Waals surface area contributed by atoms with E-state index >= 15 is 0 Å². The van der Waals surface area contributed by atoms with Gasteiger partial charge >= 0.3 is 5.69 Å². The summed E-state index contributed by atoms with van der Waals surface area (Å²) in [6.45, 7) is 1.61. The third-order valence-electron chi connectivity index (χ3n) is 3.35. The maximum atomic E-state index is 11.1. The van der Waals surface area contributed by atoms with Crippen LogP contribution < -0.4 is 16.2 Å². The Bertz CT molecular complexity index is 444. The molecule has 1 aromatic rings. The molecular formula is C12H19N5O2. The first-order chi connectivity index (χ1) is 9.22. The zero-order valence-electron chi connectivity index (χ0n) is 10.8. The molecular weight excluding hydrogens is 246 g/mol. The predicted octanol–water partition coefficient (Wildman–Crippen LogP) is 2.05. The normalized spacial score (nSPS) is 16.6. The van der Waals surface area contributed by atoms with Crippen molar-refractivity contribution in [3.63, 3.8) is 0 Å². The third kappa shape index (κ3) is 3.31. The topological polar surface area (TPSA) is 97.3 Å². The second-order valence-corrected chi connectivity index (χ2v) is 4.70. The van der Waals surface area contributed by atoms with Gasteiger partial charge in [0.15, 0.2) is 0 Å². The van der Waals surface area contributed by atoms with Gasteiger partial charge in [0.25, 0.3) is 0 Å². The van der Waals surface area contributed by atoms with Gasteiger partial charge in [-0.3, -0.25) is 10.1 Å². The molecule has 104 valence electrons. The van der Waals surface area contributed by atoms with E-state index in [-0.39, 0.29) is 10.6 Å². The van der Waals surface area contributed by atoms with E-state index in [0.29, 0.717) is 11.6 Å². The number of anilines is 2. The van der Waals surface area contributed by atoms with Gasteiger partial charge < -0.3 is 10.3 Å². The van der Waals surface area contributed by atoms with Crippen molar-refractivity contribution in [2.45, 2.75) is 32.1 Å². The fourth-order valence-electron chi connectivity index (χ4n) is 2.36. The van der Waals surface area contributed by atoms with E-state index in [2.05, 4.69) is 10.4 Å². The molecule has 3 N–H and O–H groups in total. The first kappa shape index (κ1) is 13.5. The van der Waals surface area contributed by atoms with Crippen LogP contribution in [0.1, 0.15) is 32.1 Å². The van der Waals surface area contributed by atoms with Crippen molar-refractivity contribution < 1.29 is 4.92 Å². The lowest BCUT2D eigenvalue weighted by Crippen LogP contribution is -2.29. The summed E-state index contributed by atoms with van der Waals surface area (Å²) in [7, 11) is 0. The highest BCUT2D eigenvalue weighted by Crippen LogP contribution is 2.29. The lowest BCUT2D eigenvalue weighted by atomic mass is 10.1. The minimum Gasteiger partial charge on any atom is -0.351 e. The third-order valence-corrected chi connectivity index (χ3v) is 3.35. The van der Waals surface area contributed by atoms with Crippen LogP contribution in [0.5, 0.6) is 0 Å². The standard InChI is InChI=1S/C12H19N5O2/c13-15-11-7-6-10(17(18)19)12(14-11)16-8-4-2-1-3-5-9-16/h6-7H,1-5,8-9,13H2,(H,14,15). The summed E-state index contributed by atoms with van der Waals surface area (Å²) in [5, 5.41) is 11.1. The average Bonchev–Trinajstić information content (AvgIpc) is 2.37. The molecule has 1 fully saturated rings. The van der Waals surface area contributed by atoms with Gasteiger partial charge in [0.1, 0.15) is 5.82 Å². The van der Waals surface area contributed by atoms with Crippen molar-refractivity contribution >= 4 is 17.3 Å². The van der Waals surface area contributed by atoms with Crippen LogP contribution in [0.3, 0.4) is 0 Å². The zero-order chi connectivity index (χ0) is 13.7. The van der Waals surface area contributed by atoms with Crippen LogP contribution in [-0.4, -0.2) is 23.0 Å². The lowest BCUT2D eigenvalue weighted by Gasteiger charge is -2.25. The molecule has 0 aliphatic carbocycles. The van der Waals surface area contributed by atoms with Crippen molar-refractivity contribution in [3.8, 4) is 0 Å². The van der Waals surface area contributed by atoms with Gasteiger partial charge in [-0.05, 0) is 18.9 Å². The summed E-state index contributed by atoms with van der Waals surface area (Å²) in [6.07, 6.45) is 5.66. The molecule has 0 unspecified atom stereocenters. The van der Waals surface area contributed by atoms with Gasteiger partial charge in [-0.1, -0.05) is 19.3 Å². The number of hydrazine groups is 1. The molecule has 1 aliphatic heterocycles. The number of aromatic nitrogens is 1. The molecule has 0 radical (unpaired) electrons.